The van der Waals surface area contributed by atoms with E-state index in [2.05, 4.69) is 11.8 Å². The molecule has 1 saturated heterocycles. The highest BCUT2D eigenvalue weighted by Crippen LogP contribution is 2.42. The molecule has 22 heavy (non-hydrogen) atoms. The molecule has 0 amide bonds. The van der Waals surface area contributed by atoms with E-state index in [9.17, 15) is 5.21 Å². The maximum Gasteiger partial charge on any atom is 0.0607 e. The van der Waals surface area contributed by atoms with Gasteiger partial charge in [-0.2, -0.15) is 5.06 Å². The van der Waals surface area contributed by atoms with Crippen LogP contribution in [-0.2, 0) is 0 Å². The van der Waals surface area contributed by atoms with Gasteiger partial charge in [-0.05, 0) is 48.2 Å². The van der Waals surface area contributed by atoms with Gasteiger partial charge in [0.15, 0.2) is 0 Å². The number of terminal acetylenes is 2. The van der Waals surface area contributed by atoms with Gasteiger partial charge in [-0.3, -0.25) is 0 Å². The minimum absolute atomic E-state index is 0.00383. The zero-order valence-electron chi connectivity index (χ0n) is 12.2. The molecule has 2 aromatic carbocycles. The first-order valence-corrected chi connectivity index (χ1v) is 7.33. The molecule has 3 rings (SSSR count). The summed E-state index contributed by atoms with van der Waals surface area (Å²) >= 11 is 0. The summed E-state index contributed by atoms with van der Waals surface area (Å²) in [7, 11) is 0. The highest BCUT2D eigenvalue weighted by atomic mass is 16.5. The predicted octanol–water partition coefficient (Wildman–Crippen LogP) is 3.92. The number of rotatable bonds is 2. The Bertz CT molecular complexity index is 666. The summed E-state index contributed by atoms with van der Waals surface area (Å²) in [5, 5.41) is 12.0. The molecule has 1 aliphatic heterocycles. The fraction of sp³-hybridized carbons (Fsp3) is 0.200. The van der Waals surface area contributed by atoms with Gasteiger partial charge in [0.05, 0.1) is 12.1 Å². The molecule has 2 unspecified atom stereocenters. The van der Waals surface area contributed by atoms with Crippen LogP contribution in [0.25, 0.3) is 0 Å². The van der Waals surface area contributed by atoms with Crippen LogP contribution in [0, 0.1) is 24.7 Å². The molecule has 1 heterocycles. The molecule has 2 atom stereocenters. The molecule has 0 saturated carbocycles. The number of benzene rings is 2. The second-order valence-corrected chi connectivity index (χ2v) is 5.52. The summed E-state index contributed by atoms with van der Waals surface area (Å²) < 4.78 is 0. The molecule has 0 spiro atoms. The minimum atomic E-state index is 0.00383. The van der Waals surface area contributed by atoms with E-state index in [4.69, 9.17) is 12.8 Å². The molecule has 0 bridgehead atoms. The van der Waals surface area contributed by atoms with E-state index in [-0.39, 0.29) is 12.1 Å². The van der Waals surface area contributed by atoms with E-state index in [0.717, 1.165) is 35.1 Å². The van der Waals surface area contributed by atoms with Crippen LogP contribution in [0.15, 0.2) is 48.5 Å². The van der Waals surface area contributed by atoms with Gasteiger partial charge in [0.25, 0.3) is 0 Å². The first-order valence-electron chi connectivity index (χ1n) is 7.33. The molecule has 2 aromatic rings. The molecule has 1 N–H and O–H groups in total. The Balaban J connectivity index is 1.80. The highest BCUT2D eigenvalue weighted by molar-refractivity contribution is 5.37. The highest BCUT2D eigenvalue weighted by Gasteiger charge is 2.34. The number of hydrogen-bond donors (Lipinski definition) is 1. The summed E-state index contributed by atoms with van der Waals surface area (Å²) in [5.41, 5.74) is 3.88. The summed E-state index contributed by atoms with van der Waals surface area (Å²) in [5.74, 6) is 5.22. The van der Waals surface area contributed by atoms with Crippen LogP contribution in [-0.4, -0.2) is 10.3 Å². The van der Waals surface area contributed by atoms with Gasteiger partial charge in [0.1, 0.15) is 0 Å². The Labute approximate surface area is 131 Å². The van der Waals surface area contributed by atoms with Crippen molar-refractivity contribution >= 4 is 0 Å². The van der Waals surface area contributed by atoms with Gasteiger partial charge in [0.2, 0.25) is 0 Å². The minimum Gasteiger partial charge on any atom is -0.313 e. The van der Waals surface area contributed by atoms with Gasteiger partial charge in [-0.15, -0.1) is 12.8 Å². The smallest absolute Gasteiger partial charge is 0.0607 e. The number of hydrogen-bond acceptors (Lipinski definition) is 2. The third-order valence-electron chi connectivity index (χ3n) is 4.28. The third kappa shape index (κ3) is 2.63. The van der Waals surface area contributed by atoms with E-state index in [0.29, 0.717) is 0 Å². The lowest BCUT2D eigenvalue weighted by molar-refractivity contribution is -0.137. The second kappa shape index (κ2) is 6.08. The predicted molar refractivity (Wildman–Crippen MR) is 87.1 cm³/mol. The zero-order chi connectivity index (χ0) is 15.5. The Morgan fingerprint density at radius 1 is 0.773 bits per heavy atom. The molecule has 2 heteroatoms. The first kappa shape index (κ1) is 14.4. The summed E-state index contributed by atoms with van der Waals surface area (Å²) in [6.45, 7) is 0. The normalized spacial score (nSPS) is 21.2. The summed E-state index contributed by atoms with van der Waals surface area (Å²) in [6, 6.07) is 15.6. The van der Waals surface area contributed by atoms with Gasteiger partial charge in [-0.25, -0.2) is 0 Å². The lowest BCUT2D eigenvalue weighted by atomic mass is 10.0. The number of hydroxylamine groups is 2. The molecule has 0 radical (unpaired) electrons. The zero-order valence-corrected chi connectivity index (χ0v) is 12.2. The van der Waals surface area contributed by atoms with Crippen molar-refractivity contribution in [2.75, 3.05) is 0 Å². The van der Waals surface area contributed by atoms with Crippen molar-refractivity contribution < 1.29 is 5.21 Å². The van der Waals surface area contributed by atoms with Crippen LogP contribution in [0.1, 0.15) is 47.2 Å². The molecular weight excluding hydrogens is 270 g/mol. The van der Waals surface area contributed by atoms with Crippen molar-refractivity contribution in [3.8, 4) is 24.7 Å². The molecule has 2 nitrogen and oxygen atoms in total. The molecule has 1 fully saturated rings. The molecular formula is C20H17NO. The van der Waals surface area contributed by atoms with E-state index < -0.39 is 0 Å². The van der Waals surface area contributed by atoms with Gasteiger partial charge in [-0.1, -0.05) is 36.1 Å². The van der Waals surface area contributed by atoms with Crippen molar-refractivity contribution in [2.24, 2.45) is 0 Å². The monoisotopic (exact) mass is 287 g/mol. The van der Waals surface area contributed by atoms with Crippen molar-refractivity contribution in [1.82, 2.24) is 5.06 Å². The van der Waals surface area contributed by atoms with E-state index >= 15 is 0 Å². The Morgan fingerprint density at radius 2 is 1.14 bits per heavy atom. The van der Waals surface area contributed by atoms with E-state index in [1.807, 2.05) is 48.5 Å². The van der Waals surface area contributed by atoms with Crippen LogP contribution in [0.3, 0.4) is 0 Å². The molecule has 0 aliphatic carbocycles. The van der Waals surface area contributed by atoms with Crippen molar-refractivity contribution in [2.45, 2.75) is 24.9 Å². The van der Waals surface area contributed by atoms with Crippen LogP contribution in [0.5, 0.6) is 0 Å². The van der Waals surface area contributed by atoms with Crippen LogP contribution < -0.4 is 0 Å². The van der Waals surface area contributed by atoms with Crippen LogP contribution in [0.4, 0.5) is 0 Å². The van der Waals surface area contributed by atoms with Gasteiger partial charge in [0, 0.05) is 11.1 Å². The first-order chi connectivity index (χ1) is 10.7. The topological polar surface area (TPSA) is 23.5 Å². The Hall–Kier alpha value is -2.52. The van der Waals surface area contributed by atoms with Crippen molar-refractivity contribution in [1.29, 1.82) is 0 Å². The quantitative estimate of drug-likeness (QED) is 0.846. The third-order valence-corrected chi connectivity index (χ3v) is 4.28. The lowest BCUT2D eigenvalue weighted by Crippen LogP contribution is -2.22. The average molecular weight is 287 g/mol. The van der Waals surface area contributed by atoms with Crippen LogP contribution >= 0.6 is 0 Å². The van der Waals surface area contributed by atoms with E-state index in [1.54, 1.807) is 0 Å². The fourth-order valence-corrected chi connectivity index (χ4v) is 3.04. The maximum atomic E-state index is 10.6. The summed E-state index contributed by atoms with van der Waals surface area (Å²) in [4.78, 5) is 0. The summed E-state index contributed by atoms with van der Waals surface area (Å²) in [6.07, 6.45) is 12.6. The maximum absolute atomic E-state index is 10.6. The van der Waals surface area contributed by atoms with Gasteiger partial charge >= 0.3 is 0 Å². The Kier molecular flexibility index (Phi) is 3.98. The van der Waals surface area contributed by atoms with Crippen molar-refractivity contribution in [3.63, 3.8) is 0 Å². The SMILES string of the molecule is C#Cc1ccc(C2CCC(c3ccc(C#C)cc3)N2O)cc1. The molecule has 0 aromatic heterocycles. The van der Waals surface area contributed by atoms with Crippen molar-refractivity contribution in [3.05, 3.63) is 70.8 Å². The second-order valence-electron chi connectivity index (χ2n) is 5.52. The average Bonchev–Trinajstić information content (AvgIpc) is 2.96. The molecule has 1 aliphatic rings. The lowest BCUT2D eigenvalue weighted by Gasteiger charge is -2.24. The molecule has 108 valence electrons. The number of nitrogens with zero attached hydrogens (tertiary/aromatic N) is 1. The van der Waals surface area contributed by atoms with E-state index in [1.165, 1.54) is 5.06 Å². The fourth-order valence-electron chi connectivity index (χ4n) is 3.04. The standard InChI is InChI=1S/C20H17NO/c1-3-15-5-9-17(10-6-15)19-13-14-20(21(19)22)18-11-7-16(4-2)8-12-18/h1-2,5-12,19-20,22H,13-14H2. The Morgan fingerprint density at radius 3 is 1.45 bits per heavy atom. The largest absolute Gasteiger partial charge is 0.313 e. The van der Waals surface area contributed by atoms with Crippen LogP contribution in [0.2, 0.25) is 0 Å². The van der Waals surface area contributed by atoms with Gasteiger partial charge < -0.3 is 5.21 Å².